The van der Waals surface area contributed by atoms with Crippen LogP contribution in [0.3, 0.4) is 0 Å². The molecule has 0 amide bonds. The van der Waals surface area contributed by atoms with E-state index in [4.69, 9.17) is 0 Å². The van der Waals surface area contributed by atoms with E-state index in [1.807, 2.05) is 30.3 Å². The molecule has 0 aliphatic rings. The Morgan fingerprint density at radius 1 is 1.24 bits per heavy atom. The van der Waals surface area contributed by atoms with Gasteiger partial charge in [-0.3, -0.25) is 10.1 Å². The van der Waals surface area contributed by atoms with E-state index in [2.05, 4.69) is 10.3 Å². The molecule has 2 aromatic rings. The molecular weight excluding hydrogens is 218 g/mol. The van der Waals surface area contributed by atoms with Gasteiger partial charge in [-0.15, -0.1) is 0 Å². The second kappa shape index (κ2) is 4.61. The molecular formula is C12H11N3O2. The number of hydrogen-bond acceptors (Lipinski definition) is 4. The molecule has 1 aromatic carbocycles. The third kappa shape index (κ3) is 2.23. The average Bonchev–Trinajstić information content (AvgIpc) is 2.39. The Morgan fingerprint density at radius 3 is 2.53 bits per heavy atom. The van der Waals surface area contributed by atoms with Crippen molar-refractivity contribution < 1.29 is 4.92 Å². The standard InChI is InChI=1S/C12H11N3O2/c1-13-12-11(15(16)17)7-10(8-14-12)9-5-3-2-4-6-9/h2-8H,1H3,(H,13,14). The molecule has 0 saturated carbocycles. The maximum Gasteiger partial charge on any atom is 0.311 e. The summed E-state index contributed by atoms with van der Waals surface area (Å²) in [6.45, 7) is 0. The maximum absolute atomic E-state index is 10.9. The fraction of sp³-hybridized carbons (Fsp3) is 0.0833. The number of rotatable bonds is 3. The summed E-state index contributed by atoms with van der Waals surface area (Å²) >= 11 is 0. The van der Waals surface area contributed by atoms with Crippen LogP contribution in [-0.2, 0) is 0 Å². The molecule has 2 rings (SSSR count). The van der Waals surface area contributed by atoms with Crippen LogP contribution < -0.4 is 5.32 Å². The molecule has 0 spiro atoms. The minimum absolute atomic E-state index is 0.0196. The highest BCUT2D eigenvalue weighted by Crippen LogP contribution is 2.27. The van der Waals surface area contributed by atoms with E-state index in [1.54, 1.807) is 13.2 Å². The molecule has 1 N–H and O–H groups in total. The van der Waals surface area contributed by atoms with E-state index in [0.717, 1.165) is 11.1 Å². The predicted octanol–water partition coefficient (Wildman–Crippen LogP) is 2.70. The highest BCUT2D eigenvalue weighted by Gasteiger charge is 2.15. The molecule has 0 unspecified atom stereocenters. The fourth-order valence-electron chi connectivity index (χ4n) is 1.57. The summed E-state index contributed by atoms with van der Waals surface area (Å²) in [5.41, 5.74) is 1.62. The number of nitrogens with zero attached hydrogens (tertiary/aromatic N) is 2. The minimum Gasteiger partial charge on any atom is -0.367 e. The van der Waals surface area contributed by atoms with E-state index < -0.39 is 4.92 Å². The van der Waals surface area contributed by atoms with Gasteiger partial charge < -0.3 is 5.32 Å². The van der Waals surface area contributed by atoms with Crippen molar-refractivity contribution >= 4 is 11.5 Å². The fourth-order valence-corrected chi connectivity index (χ4v) is 1.57. The van der Waals surface area contributed by atoms with Gasteiger partial charge in [0.05, 0.1) is 4.92 Å². The lowest BCUT2D eigenvalue weighted by Crippen LogP contribution is -1.99. The van der Waals surface area contributed by atoms with Crippen LogP contribution in [0.5, 0.6) is 0 Å². The largest absolute Gasteiger partial charge is 0.367 e. The van der Waals surface area contributed by atoms with Crippen LogP contribution in [0.4, 0.5) is 11.5 Å². The molecule has 0 aliphatic heterocycles. The van der Waals surface area contributed by atoms with Crippen LogP contribution in [0.25, 0.3) is 11.1 Å². The van der Waals surface area contributed by atoms with Gasteiger partial charge >= 0.3 is 5.69 Å². The number of nitro groups is 1. The molecule has 0 saturated heterocycles. The monoisotopic (exact) mass is 229 g/mol. The Kier molecular flexibility index (Phi) is 3.00. The van der Waals surface area contributed by atoms with Crippen LogP contribution >= 0.6 is 0 Å². The van der Waals surface area contributed by atoms with Crippen molar-refractivity contribution in [2.75, 3.05) is 12.4 Å². The summed E-state index contributed by atoms with van der Waals surface area (Å²) < 4.78 is 0. The van der Waals surface area contributed by atoms with Crippen LogP contribution in [0.1, 0.15) is 0 Å². The maximum atomic E-state index is 10.9. The molecule has 5 nitrogen and oxygen atoms in total. The van der Waals surface area contributed by atoms with Gasteiger partial charge in [0.2, 0.25) is 5.82 Å². The topological polar surface area (TPSA) is 68.1 Å². The van der Waals surface area contributed by atoms with Crippen LogP contribution in [0, 0.1) is 10.1 Å². The van der Waals surface area contributed by atoms with Gasteiger partial charge in [-0.05, 0) is 5.56 Å². The summed E-state index contributed by atoms with van der Waals surface area (Å²) in [4.78, 5) is 14.5. The average molecular weight is 229 g/mol. The highest BCUT2D eigenvalue weighted by molar-refractivity contribution is 5.69. The number of benzene rings is 1. The molecule has 1 aromatic heterocycles. The summed E-state index contributed by atoms with van der Waals surface area (Å²) in [6.07, 6.45) is 1.62. The number of pyridine rings is 1. The Balaban J connectivity index is 2.51. The van der Waals surface area contributed by atoms with Gasteiger partial charge in [-0.25, -0.2) is 4.98 Å². The number of aromatic nitrogens is 1. The van der Waals surface area contributed by atoms with Crippen molar-refractivity contribution in [2.45, 2.75) is 0 Å². The van der Waals surface area contributed by atoms with Crippen LogP contribution in [0.2, 0.25) is 0 Å². The predicted molar refractivity (Wildman–Crippen MR) is 65.9 cm³/mol. The van der Waals surface area contributed by atoms with E-state index in [1.165, 1.54) is 6.07 Å². The molecule has 5 heteroatoms. The highest BCUT2D eigenvalue weighted by atomic mass is 16.6. The first-order valence-corrected chi connectivity index (χ1v) is 5.10. The van der Waals surface area contributed by atoms with Crippen molar-refractivity contribution in [2.24, 2.45) is 0 Å². The summed E-state index contributed by atoms with van der Waals surface area (Å²) in [7, 11) is 1.61. The van der Waals surface area contributed by atoms with Gasteiger partial charge in [-0.1, -0.05) is 30.3 Å². The van der Waals surface area contributed by atoms with Crippen LogP contribution in [0.15, 0.2) is 42.6 Å². The Hall–Kier alpha value is -2.43. The zero-order valence-electron chi connectivity index (χ0n) is 9.25. The normalized spacial score (nSPS) is 9.94. The zero-order chi connectivity index (χ0) is 12.3. The molecule has 86 valence electrons. The SMILES string of the molecule is CNc1ncc(-c2ccccc2)cc1[N+](=O)[O-]. The molecule has 0 fully saturated rings. The first-order chi connectivity index (χ1) is 8.22. The quantitative estimate of drug-likeness (QED) is 0.649. The third-order valence-corrected chi connectivity index (χ3v) is 2.41. The molecule has 0 aliphatic carbocycles. The summed E-state index contributed by atoms with van der Waals surface area (Å²) in [5.74, 6) is 0.273. The Labute approximate surface area is 98.3 Å². The van der Waals surface area contributed by atoms with E-state index in [0.29, 0.717) is 0 Å². The lowest BCUT2D eigenvalue weighted by molar-refractivity contribution is -0.384. The first-order valence-electron chi connectivity index (χ1n) is 5.10. The van der Waals surface area contributed by atoms with E-state index in [-0.39, 0.29) is 11.5 Å². The van der Waals surface area contributed by atoms with Gasteiger partial charge in [0, 0.05) is 24.9 Å². The Bertz CT molecular complexity index is 541. The van der Waals surface area contributed by atoms with Gasteiger partial charge in [0.25, 0.3) is 0 Å². The van der Waals surface area contributed by atoms with Crippen LogP contribution in [-0.4, -0.2) is 17.0 Å². The molecule has 17 heavy (non-hydrogen) atoms. The number of hydrogen-bond donors (Lipinski definition) is 1. The van der Waals surface area contributed by atoms with Gasteiger partial charge in [-0.2, -0.15) is 0 Å². The summed E-state index contributed by atoms with van der Waals surface area (Å²) in [5, 5.41) is 13.6. The van der Waals surface area contributed by atoms with Gasteiger partial charge in [0.1, 0.15) is 0 Å². The number of anilines is 1. The van der Waals surface area contributed by atoms with Crippen molar-refractivity contribution in [3.05, 3.63) is 52.7 Å². The lowest BCUT2D eigenvalue weighted by atomic mass is 10.1. The van der Waals surface area contributed by atoms with Gasteiger partial charge in [0.15, 0.2) is 0 Å². The lowest BCUT2D eigenvalue weighted by Gasteiger charge is -2.04. The van der Waals surface area contributed by atoms with Crippen molar-refractivity contribution in [1.82, 2.24) is 4.98 Å². The van der Waals surface area contributed by atoms with Crippen molar-refractivity contribution in [1.29, 1.82) is 0 Å². The summed E-state index contributed by atoms with van der Waals surface area (Å²) in [6, 6.07) is 11.0. The van der Waals surface area contributed by atoms with Crippen molar-refractivity contribution in [3.63, 3.8) is 0 Å². The number of nitrogens with one attached hydrogen (secondary N) is 1. The first kappa shape index (κ1) is 11.1. The molecule has 0 atom stereocenters. The minimum atomic E-state index is -0.439. The smallest absolute Gasteiger partial charge is 0.311 e. The second-order valence-electron chi connectivity index (χ2n) is 3.46. The van der Waals surface area contributed by atoms with E-state index in [9.17, 15) is 10.1 Å². The third-order valence-electron chi connectivity index (χ3n) is 2.41. The van der Waals surface area contributed by atoms with E-state index >= 15 is 0 Å². The molecule has 0 bridgehead atoms. The van der Waals surface area contributed by atoms with Crippen molar-refractivity contribution in [3.8, 4) is 11.1 Å². The Morgan fingerprint density at radius 2 is 1.94 bits per heavy atom. The zero-order valence-corrected chi connectivity index (χ0v) is 9.25. The second-order valence-corrected chi connectivity index (χ2v) is 3.46. The molecule has 1 heterocycles. The molecule has 0 radical (unpaired) electrons.